The summed E-state index contributed by atoms with van der Waals surface area (Å²) >= 11 is 6.36. The van der Waals surface area contributed by atoms with Crippen molar-refractivity contribution in [3.05, 3.63) is 52.8 Å². The molecule has 1 aromatic carbocycles. The first-order valence-electron chi connectivity index (χ1n) is 10.7. The van der Waals surface area contributed by atoms with Crippen molar-refractivity contribution >= 4 is 47.3 Å². The van der Waals surface area contributed by atoms with Crippen molar-refractivity contribution in [2.75, 3.05) is 44.7 Å². The number of nitrogens with zero attached hydrogens (tertiary/aromatic N) is 4. The van der Waals surface area contributed by atoms with E-state index in [0.29, 0.717) is 34.0 Å². The molecular formula is C23H28ClN6O2P. The van der Waals surface area contributed by atoms with Crippen LogP contribution in [0.2, 0.25) is 5.02 Å². The van der Waals surface area contributed by atoms with Gasteiger partial charge < -0.3 is 19.9 Å². The molecule has 1 aliphatic rings. The summed E-state index contributed by atoms with van der Waals surface area (Å²) < 4.78 is 18.3. The molecule has 174 valence electrons. The number of rotatable bonds is 6. The predicted molar refractivity (Wildman–Crippen MR) is 135 cm³/mol. The third-order valence-electron chi connectivity index (χ3n) is 5.90. The van der Waals surface area contributed by atoms with Crippen LogP contribution in [-0.4, -0.2) is 53.9 Å². The van der Waals surface area contributed by atoms with Crippen molar-refractivity contribution in [2.24, 2.45) is 0 Å². The van der Waals surface area contributed by atoms with Crippen LogP contribution in [-0.2, 0) is 11.0 Å². The molecule has 8 nitrogen and oxygen atoms in total. The number of hydrogen-bond acceptors (Lipinski definition) is 8. The lowest BCUT2D eigenvalue weighted by Gasteiger charge is -2.33. The molecule has 0 amide bonds. The number of ether oxygens (including phenoxy) is 1. The zero-order valence-corrected chi connectivity index (χ0v) is 21.0. The number of nitrogens with one attached hydrogen (secondary N) is 2. The lowest BCUT2D eigenvalue weighted by Crippen LogP contribution is -2.30. The van der Waals surface area contributed by atoms with Crippen LogP contribution < -0.4 is 20.7 Å². The summed E-state index contributed by atoms with van der Waals surface area (Å²) in [4.78, 5) is 15.5. The summed E-state index contributed by atoms with van der Waals surface area (Å²) in [7, 11) is 1.22. The van der Waals surface area contributed by atoms with E-state index >= 15 is 0 Å². The minimum absolute atomic E-state index is 0.296. The molecule has 0 saturated heterocycles. The number of anilines is 4. The average molecular weight is 487 g/mol. The molecule has 1 aliphatic heterocycles. The van der Waals surface area contributed by atoms with Gasteiger partial charge in [0, 0.05) is 18.8 Å². The van der Waals surface area contributed by atoms with E-state index in [1.807, 2.05) is 0 Å². The topological polar surface area (TPSA) is 92.3 Å². The van der Waals surface area contributed by atoms with E-state index in [-0.39, 0.29) is 0 Å². The van der Waals surface area contributed by atoms with Crippen LogP contribution in [0.5, 0.6) is 5.75 Å². The normalized spacial score (nSPS) is 16.2. The minimum Gasteiger partial charge on any atom is -0.495 e. The highest BCUT2D eigenvalue weighted by molar-refractivity contribution is 7.70. The van der Waals surface area contributed by atoms with Crippen LogP contribution in [0.25, 0.3) is 0 Å². The van der Waals surface area contributed by atoms with E-state index in [0.717, 1.165) is 24.4 Å². The highest BCUT2D eigenvalue weighted by atomic mass is 35.5. The molecule has 0 aliphatic carbocycles. The molecule has 33 heavy (non-hydrogen) atoms. The number of methoxy groups -OCH3 is 1. The fourth-order valence-electron chi connectivity index (χ4n) is 3.91. The van der Waals surface area contributed by atoms with E-state index in [1.54, 1.807) is 38.8 Å². The fraction of sp³-hybridized carbons (Fsp3) is 0.348. The Morgan fingerprint density at radius 1 is 1.21 bits per heavy atom. The van der Waals surface area contributed by atoms with Crippen LogP contribution in [0, 0.1) is 0 Å². The molecule has 10 heteroatoms. The molecular weight excluding hydrogens is 459 g/mol. The number of benzene rings is 1. The third-order valence-corrected chi connectivity index (χ3v) is 7.70. The third kappa shape index (κ3) is 4.98. The van der Waals surface area contributed by atoms with E-state index < -0.39 is 7.14 Å². The van der Waals surface area contributed by atoms with E-state index in [1.165, 1.54) is 17.3 Å². The second kappa shape index (κ2) is 9.29. The number of likely N-dealkylation sites (N-methyl/N-ethyl adjacent to an activating group) is 1. The highest BCUT2D eigenvalue weighted by Gasteiger charge is 2.23. The van der Waals surface area contributed by atoms with Crippen LogP contribution in [0.3, 0.4) is 0 Å². The van der Waals surface area contributed by atoms with Crippen LogP contribution in [0.1, 0.15) is 24.1 Å². The van der Waals surface area contributed by atoms with Gasteiger partial charge >= 0.3 is 0 Å². The van der Waals surface area contributed by atoms with Gasteiger partial charge in [-0.2, -0.15) is 4.98 Å². The van der Waals surface area contributed by atoms with Crippen LogP contribution >= 0.6 is 18.7 Å². The predicted octanol–water partition coefficient (Wildman–Crippen LogP) is 4.82. The maximum Gasteiger partial charge on any atom is 0.229 e. The zero-order chi connectivity index (χ0) is 23.8. The standard InChI is InChI=1S/C23H28ClN6O2P/c1-14-16-12-18(19(32-3)11-15(16)8-10-30(14)2)27-23-26-13-17(24)21(29-23)28-22-20(33(4,5)31)7-6-9-25-22/h6-7,9,11-14H,8,10H2,1-5H3,(H2,25,26,27,28,29). The van der Waals surface area contributed by atoms with Crippen LogP contribution in [0.4, 0.5) is 23.3 Å². The van der Waals surface area contributed by atoms with Crippen LogP contribution in [0.15, 0.2) is 36.7 Å². The van der Waals surface area contributed by atoms with Crippen molar-refractivity contribution in [1.82, 2.24) is 19.9 Å². The quantitative estimate of drug-likeness (QED) is 0.479. The smallest absolute Gasteiger partial charge is 0.229 e. The molecule has 2 aromatic heterocycles. The van der Waals surface area contributed by atoms with Gasteiger partial charge in [-0.3, -0.25) is 4.90 Å². The van der Waals surface area contributed by atoms with Gasteiger partial charge in [0.25, 0.3) is 0 Å². The molecule has 0 fully saturated rings. The Balaban J connectivity index is 1.67. The summed E-state index contributed by atoms with van der Waals surface area (Å²) in [5, 5.41) is 7.34. The van der Waals surface area contributed by atoms with E-state index in [9.17, 15) is 4.57 Å². The first kappa shape index (κ1) is 23.5. The Hall–Kier alpha value is -2.67. The monoisotopic (exact) mass is 486 g/mol. The summed E-state index contributed by atoms with van der Waals surface area (Å²) in [5.74, 6) is 1.90. The van der Waals surface area contributed by atoms with Crippen molar-refractivity contribution in [3.8, 4) is 5.75 Å². The second-order valence-corrected chi connectivity index (χ2v) is 12.1. The summed E-state index contributed by atoms with van der Waals surface area (Å²) in [6, 6.07) is 8.03. The first-order valence-corrected chi connectivity index (χ1v) is 13.6. The zero-order valence-electron chi connectivity index (χ0n) is 19.4. The SMILES string of the molecule is COc1cc2c(cc1Nc1ncc(Cl)c(Nc3ncccc3P(C)(C)=O)n1)C(C)N(C)CC2. The summed E-state index contributed by atoms with van der Waals surface area (Å²) in [6.07, 6.45) is 4.12. The largest absolute Gasteiger partial charge is 0.495 e. The molecule has 0 saturated carbocycles. The molecule has 4 rings (SSSR count). The summed E-state index contributed by atoms with van der Waals surface area (Å²) in [6.45, 7) is 6.60. The van der Waals surface area contributed by atoms with Gasteiger partial charge in [-0.1, -0.05) is 11.6 Å². The van der Waals surface area contributed by atoms with E-state index in [4.69, 9.17) is 16.3 Å². The van der Waals surface area contributed by atoms with Gasteiger partial charge in [0.15, 0.2) is 5.82 Å². The number of hydrogen-bond donors (Lipinski definition) is 2. The maximum absolute atomic E-state index is 12.7. The Labute approximate surface area is 199 Å². The lowest BCUT2D eigenvalue weighted by atomic mass is 9.93. The number of halogens is 1. The molecule has 3 heterocycles. The van der Waals surface area contributed by atoms with Crippen molar-refractivity contribution in [3.63, 3.8) is 0 Å². The van der Waals surface area contributed by atoms with Gasteiger partial charge in [-0.05, 0) is 69.1 Å². The Kier molecular flexibility index (Phi) is 6.61. The van der Waals surface area contributed by atoms with Gasteiger partial charge in [0.2, 0.25) is 5.95 Å². The van der Waals surface area contributed by atoms with Gasteiger partial charge in [0.05, 0.1) is 24.3 Å². The minimum atomic E-state index is -2.56. The molecule has 0 spiro atoms. The van der Waals surface area contributed by atoms with Crippen molar-refractivity contribution < 1.29 is 9.30 Å². The molecule has 0 bridgehead atoms. The molecule has 1 unspecified atom stereocenters. The highest BCUT2D eigenvalue weighted by Crippen LogP contribution is 2.39. The second-order valence-electron chi connectivity index (χ2n) is 8.52. The van der Waals surface area contributed by atoms with Gasteiger partial charge in [-0.25, -0.2) is 9.97 Å². The maximum atomic E-state index is 12.7. The Morgan fingerprint density at radius 3 is 2.73 bits per heavy atom. The summed E-state index contributed by atoms with van der Waals surface area (Å²) in [5.41, 5.74) is 3.31. The fourth-order valence-corrected chi connectivity index (χ4v) is 5.12. The lowest BCUT2D eigenvalue weighted by molar-refractivity contribution is 0.247. The van der Waals surface area contributed by atoms with Gasteiger partial charge in [0.1, 0.15) is 23.7 Å². The Morgan fingerprint density at radius 2 is 2.00 bits per heavy atom. The number of pyridine rings is 1. The van der Waals surface area contributed by atoms with Crippen molar-refractivity contribution in [1.29, 1.82) is 0 Å². The van der Waals surface area contributed by atoms with Gasteiger partial charge in [-0.15, -0.1) is 0 Å². The average Bonchev–Trinajstić information content (AvgIpc) is 2.78. The molecule has 3 aromatic rings. The molecule has 0 radical (unpaired) electrons. The molecule has 1 atom stereocenters. The number of aromatic nitrogens is 3. The Bertz CT molecular complexity index is 1230. The number of fused-ring (bicyclic) bond motifs is 1. The van der Waals surface area contributed by atoms with Crippen molar-refractivity contribution in [2.45, 2.75) is 19.4 Å². The first-order chi connectivity index (χ1) is 15.7. The van der Waals surface area contributed by atoms with E-state index in [2.05, 4.69) is 56.6 Å². The molecule has 2 N–H and O–H groups in total.